The van der Waals surface area contributed by atoms with Crippen molar-refractivity contribution in [2.24, 2.45) is 11.5 Å². The molecule has 1 rings (SSSR count). The van der Waals surface area contributed by atoms with E-state index in [1.165, 1.54) is 24.3 Å². The zero-order chi connectivity index (χ0) is 15.1. The average Bonchev–Trinajstić information content (AvgIpc) is 2.44. The number of carbonyl (C=O) groups is 3. The van der Waals surface area contributed by atoms with Crippen molar-refractivity contribution in [3.63, 3.8) is 0 Å². The molecule has 0 saturated heterocycles. The predicted molar refractivity (Wildman–Crippen MR) is 72.1 cm³/mol. The lowest BCUT2D eigenvalue weighted by Crippen LogP contribution is -2.47. The number of anilines is 1. The van der Waals surface area contributed by atoms with Crippen LogP contribution in [0.2, 0.25) is 0 Å². The first kappa shape index (κ1) is 15.6. The molecule has 1 unspecified atom stereocenters. The zero-order valence-electron chi connectivity index (χ0n) is 10.6. The summed E-state index contributed by atoms with van der Waals surface area (Å²) in [4.78, 5) is 33.5. The Morgan fingerprint density at radius 3 is 2.30 bits per heavy atom. The molecule has 0 heterocycles. The van der Waals surface area contributed by atoms with Gasteiger partial charge in [0.1, 0.15) is 0 Å². The lowest BCUT2D eigenvalue weighted by molar-refractivity contribution is -0.124. The fourth-order valence-electron chi connectivity index (χ4n) is 1.31. The van der Waals surface area contributed by atoms with Crippen LogP contribution in [-0.2, 0) is 9.59 Å². The molecule has 0 aliphatic heterocycles. The lowest BCUT2D eigenvalue weighted by atomic mass is 10.2. The quantitative estimate of drug-likeness (QED) is 0.438. The number of carbonyl (C=O) groups excluding carboxylic acids is 2. The van der Waals surface area contributed by atoms with E-state index in [2.05, 4.69) is 10.6 Å². The highest BCUT2D eigenvalue weighted by Gasteiger charge is 2.12. The van der Waals surface area contributed by atoms with Gasteiger partial charge in [0.15, 0.2) is 0 Å². The number of amides is 2. The number of benzene rings is 1. The zero-order valence-corrected chi connectivity index (χ0v) is 10.6. The second kappa shape index (κ2) is 7.22. The standard InChI is InChI=1S/C12H16N4O4/c13-5-9(14)11(18)15-6-10(17)16-8-3-1-7(2-4-8)12(19)20/h1-4,9H,5-6,13-14H2,(H,15,18)(H,16,17)(H,19,20). The molecule has 0 saturated carbocycles. The molecule has 1 aromatic carbocycles. The van der Waals surface area contributed by atoms with E-state index < -0.39 is 23.8 Å². The third kappa shape index (κ3) is 4.67. The molecule has 108 valence electrons. The maximum absolute atomic E-state index is 11.5. The van der Waals surface area contributed by atoms with Crippen molar-refractivity contribution in [3.8, 4) is 0 Å². The molecular formula is C12H16N4O4. The summed E-state index contributed by atoms with van der Waals surface area (Å²) < 4.78 is 0. The molecule has 0 radical (unpaired) electrons. The number of nitrogens with two attached hydrogens (primary N) is 2. The SMILES string of the molecule is NCC(N)C(=O)NCC(=O)Nc1ccc(C(=O)O)cc1. The molecule has 0 aliphatic carbocycles. The van der Waals surface area contributed by atoms with Crippen LogP contribution in [0.5, 0.6) is 0 Å². The number of hydrogen-bond acceptors (Lipinski definition) is 5. The molecule has 2 amide bonds. The molecule has 8 nitrogen and oxygen atoms in total. The van der Waals surface area contributed by atoms with Crippen molar-refractivity contribution in [1.29, 1.82) is 0 Å². The number of aromatic carboxylic acids is 1. The van der Waals surface area contributed by atoms with Crippen LogP contribution in [0.25, 0.3) is 0 Å². The fraction of sp³-hybridized carbons (Fsp3) is 0.250. The van der Waals surface area contributed by atoms with Crippen LogP contribution in [0.15, 0.2) is 24.3 Å². The van der Waals surface area contributed by atoms with Crippen LogP contribution in [0.4, 0.5) is 5.69 Å². The third-order valence-corrected chi connectivity index (χ3v) is 2.43. The van der Waals surface area contributed by atoms with Crippen molar-refractivity contribution >= 4 is 23.5 Å². The van der Waals surface area contributed by atoms with Crippen LogP contribution in [0.1, 0.15) is 10.4 Å². The first-order chi connectivity index (χ1) is 9.43. The van der Waals surface area contributed by atoms with Gasteiger partial charge in [-0.05, 0) is 24.3 Å². The summed E-state index contributed by atoms with van der Waals surface area (Å²) in [7, 11) is 0. The normalized spacial score (nSPS) is 11.5. The summed E-state index contributed by atoms with van der Waals surface area (Å²) >= 11 is 0. The molecule has 7 N–H and O–H groups in total. The highest BCUT2D eigenvalue weighted by molar-refractivity contribution is 5.95. The van der Waals surface area contributed by atoms with Gasteiger partial charge in [0, 0.05) is 12.2 Å². The predicted octanol–water partition coefficient (Wildman–Crippen LogP) is -1.27. The summed E-state index contributed by atoms with van der Waals surface area (Å²) in [5, 5.41) is 13.6. The van der Waals surface area contributed by atoms with Crippen molar-refractivity contribution in [2.45, 2.75) is 6.04 Å². The first-order valence-electron chi connectivity index (χ1n) is 5.80. The maximum atomic E-state index is 11.5. The molecule has 1 aromatic rings. The number of carboxylic acid groups (broad SMARTS) is 1. The number of rotatable bonds is 6. The van der Waals surface area contributed by atoms with Gasteiger partial charge >= 0.3 is 5.97 Å². The molecule has 0 aromatic heterocycles. The average molecular weight is 280 g/mol. The van der Waals surface area contributed by atoms with Gasteiger partial charge in [0.2, 0.25) is 11.8 Å². The van der Waals surface area contributed by atoms with E-state index in [1.807, 2.05) is 0 Å². The smallest absolute Gasteiger partial charge is 0.335 e. The Balaban J connectivity index is 2.46. The highest BCUT2D eigenvalue weighted by Crippen LogP contribution is 2.09. The molecule has 0 spiro atoms. The van der Waals surface area contributed by atoms with Crippen LogP contribution in [-0.4, -0.2) is 42.0 Å². The molecule has 0 aliphatic rings. The Kier molecular flexibility index (Phi) is 5.63. The van der Waals surface area contributed by atoms with Gasteiger partial charge in [-0.2, -0.15) is 0 Å². The topological polar surface area (TPSA) is 148 Å². The van der Waals surface area contributed by atoms with Gasteiger partial charge in [0.05, 0.1) is 18.2 Å². The molecular weight excluding hydrogens is 264 g/mol. The summed E-state index contributed by atoms with van der Waals surface area (Å²) in [5.74, 6) is -2.01. The Hall–Kier alpha value is -2.45. The highest BCUT2D eigenvalue weighted by atomic mass is 16.4. The molecule has 8 heteroatoms. The van der Waals surface area contributed by atoms with Crippen LogP contribution < -0.4 is 22.1 Å². The van der Waals surface area contributed by atoms with Gasteiger partial charge in [-0.1, -0.05) is 0 Å². The van der Waals surface area contributed by atoms with Crippen LogP contribution in [0, 0.1) is 0 Å². The van der Waals surface area contributed by atoms with Crippen molar-refractivity contribution < 1.29 is 19.5 Å². The van der Waals surface area contributed by atoms with E-state index in [4.69, 9.17) is 16.6 Å². The minimum absolute atomic E-state index is 0.00982. The van der Waals surface area contributed by atoms with E-state index in [1.54, 1.807) is 0 Å². The van der Waals surface area contributed by atoms with Gasteiger partial charge < -0.3 is 27.2 Å². The second-order valence-electron chi connectivity index (χ2n) is 3.99. The van der Waals surface area contributed by atoms with Gasteiger partial charge in [0.25, 0.3) is 0 Å². The Labute approximate surface area is 115 Å². The molecule has 20 heavy (non-hydrogen) atoms. The fourth-order valence-corrected chi connectivity index (χ4v) is 1.31. The maximum Gasteiger partial charge on any atom is 0.335 e. The Morgan fingerprint density at radius 2 is 1.80 bits per heavy atom. The van der Waals surface area contributed by atoms with Crippen molar-refractivity contribution in [3.05, 3.63) is 29.8 Å². The minimum atomic E-state index is -1.05. The number of hydrogen-bond donors (Lipinski definition) is 5. The van der Waals surface area contributed by atoms with E-state index in [-0.39, 0.29) is 18.7 Å². The van der Waals surface area contributed by atoms with Crippen LogP contribution in [0.3, 0.4) is 0 Å². The largest absolute Gasteiger partial charge is 0.478 e. The van der Waals surface area contributed by atoms with Crippen molar-refractivity contribution in [2.75, 3.05) is 18.4 Å². The van der Waals surface area contributed by atoms with Gasteiger partial charge in [-0.3, -0.25) is 9.59 Å². The molecule has 0 bridgehead atoms. The Bertz CT molecular complexity index is 501. The lowest BCUT2D eigenvalue weighted by Gasteiger charge is -2.10. The first-order valence-corrected chi connectivity index (χ1v) is 5.80. The van der Waals surface area contributed by atoms with E-state index >= 15 is 0 Å². The van der Waals surface area contributed by atoms with E-state index in [9.17, 15) is 14.4 Å². The summed E-state index contributed by atoms with van der Waals surface area (Å²) in [5.41, 5.74) is 11.1. The van der Waals surface area contributed by atoms with Crippen LogP contribution >= 0.6 is 0 Å². The summed E-state index contributed by atoms with van der Waals surface area (Å²) in [6.07, 6.45) is 0. The summed E-state index contributed by atoms with van der Waals surface area (Å²) in [6, 6.07) is 4.78. The van der Waals surface area contributed by atoms with Crippen molar-refractivity contribution in [1.82, 2.24) is 5.32 Å². The third-order valence-electron chi connectivity index (χ3n) is 2.43. The van der Waals surface area contributed by atoms with E-state index in [0.717, 1.165) is 0 Å². The number of nitrogens with one attached hydrogen (secondary N) is 2. The minimum Gasteiger partial charge on any atom is -0.478 e. The Morgan fingerprint density at radius 1 is 1.20 bits per heavy atom. The molecule has 0 fully saturated rings. The van der Waals surface area contributed by atoms with Gasteiger partial charge in [-0.15, -0.1) is 0 Å². The molecule has 1 atom stereocenters. The van der Waals surface area contributed by atoms with E-state index in [0.29, 0.717) is 5.69 Å². The van der Waals surface area contributed by atoms with Gasteiger partial charge in [-0.25, -0.2) is 4.79 Å². The summed E-state index contributed by atoms with van der Waals surface area (Å²) in [6.45, 7) is -0.253. The monoisotopic (exact) mass is 280 g/mol. The second-order valence-corrected chi connectivity index (χ2v) is 3.99. The number of carboxylic acids is 1.